The van der Waals surface area contributed by atoms with Crippen LogP contribution in [0, 0.1) is 0 Å². The molecule has 0 bridgehead atoms. The van der Waals surface area contributed by atoms with Crippen molar-refractivity contribution < 1.29 is 9.90 Å². The summed E-state index contributed by atoms with van der Waals surface area (Å²) in [5.74, 6) is -0.990. The highest BCUT2D eigenvalue weighted by atomic mass is 32.2. The molecule has 1 N–H and O–H groups in total. The van der Waals surface area contributed by atoms with Crippen molar-refractivity contribution in [2.75, 3.05) is 0 Å². The van der Waals surface area contributed by atoms with Crippen molar-refractivity contribution in [2.45, 2.75) is 5.03 Å². The molecule has 0 aliphatic carbocycles. The van der Waals surface area contributed by atoms with Gasteiger partial charge in [0.05, 0.1) is 10.7 Å². The lowest BCUT2D eigenvalue weighted by Gasteiger charge is -2.08. The topological polar surface area (TPSA) is 54.6 Å². The Morgan fingerprint density at radius 1 is 1.47 bits per heavy atom. The Morgan fingerprint density at radius 3 is 3.13 bits per heavy atom. The quantitative estimate of drug-likeness (QED) is 0.796. The third-order valence-corrected chi connectivity index (χ3v) is 3.09. The van der Waals surface area contributed by atoms with Gasteiger partial charge in [-0.05, 0) is 23.6 Å². The molecule has 74 valence electrons. The molecule has 0 spiro atoms. The summed E-state index contributed by atoms with van der Waals surface area (Å²) in [5, 5.41) is 11.9. The molecule has 0 aromatic carbocycles. The molecule has 2 aromatic rings. The van der Waals surface area contributed by atoms with Crippen molar-refractivity contribution in [3.8, 4) is 0 Å². The van der Waals surface area contributed by atoms with E-state index in [4.69, 9.17) is 5.11 Å². The highest BCUT2D eigenvalue weighted by Gasteiger charge is 2.19. The van der Waals surface area contributed by atoms with Crippen LogP contribution in [0.5, 0.6) is 0 Å². The molecule has 0 fully saturated rings. The molecule has 1 aliphatic rings. The normalized spacial score (nSPS) is 13.3. The molecule has 0 amide bonds. The van der Waals surface area contributed by atoms with E-state index in [0.29, 0.717) is 11.3 Å². The lowest BCUT2D eigenvalue weighted by atomic mass is 10.3. The number of aromatic carboxylic acids is 1. The van der Waals surface area contributed by atoms with Crippen LogP contribution in [0.4, 0.5) is 0 Å². The Hall–Kier alpha value is -1.75. The molecule has 0 saturated carbocycles. The average Bonchev–Trinajstić information content (AvgIpc) is 2.61. The highest BCUT2D eigenvalue weighted by Crippen LogP contribution is 2.29. The van der Waals surface area contributed by atoms with Crippen LogP contribution in [-0.2, 0) is 0 Å². The smallest absolute Gasteiger partial charge is 0.356 e. The van der Waals surface area contributed by atoms with Gasteiger partial charge in [0.15, 0.2) is 5.69 Å². The van der Waals surface area contributed by atoms with E-state index in [0.717, 1.165) is 5.03 Å². The van der Waals surface area contributed by atoms with Gasteiger partial charge in [-0.3, -0.25) is 4.40 Å². The van der Waals surface area contributed by atoms with Gasteiger partial charge in [-0.2, -0.15) is 0 Å². The number of thioether (sulfide) groups is 1. The summed E-state index contributed by atoms with van der Waals surface area (Å²) < 4.78 is 1.86. The summed E-state index contributed by atoms with van der Waals surface area (Å²) in [6.07, 6.45) is 1.78. The second kappa shape index (κ2) is 2.87. The molecule has 4 nitrogen and oxygen atoms in total. The lowest BCUT2D eigenvalue weighted by molar-refractivity contribution is 0.0691. The van der Waals surface area contributed by atoms with Crippen LogP contribution >= 0.6 is 11.8 Å². The van der Waals surface area contributed by atoms with Crippen molar-refractivity contribution in [3.63, 3.8) is 0 Å². The monoisotopic (exact) mass is 218 g/mol. The minimum atomic E-state index is -0.990. The number of rotatable bonds is 1. The van der Waals surface area contributed by atoms with Gasteiger partial charge in [-0.1, -0.05) is 17.8 Å². The minimum Gasteiger partial charge on any atom is -0.476 e. The van der Waals surface area contributed by atoms with Crippen molar-refractivity contribution in [1.82, 2.24) is 9.38 Å². The van der Waals surface area contributed by atoms with E-state index >= 15 is 0 Å². The molecule has 3 heterocycles. The first-order chi connectivity index (χ1) is 7.27. The highest BCUT2D eigenvalue weighted by molar-refractivity contribution is 8.02. The standard InChI is InChI=1S/C10H6N2O2S/c13-10(14)9-6-4-5-15-8-3-1-2-7(11-9)12(6)8/h1-5H,(H,13,14). The zero-order chi connectivity index (χ0) is 10.4. The molecular formula is C10H6N2O2S. The molecular weight excluding hydrogens is 212 g/mol. The molecule has 0 unspecified atom stereocenters. The van der Waals surface area contributed by atoms with E-state index in [1.165, 1.54) is 0 Å². The summed E-state index contributed by atoms with van der Waals surface area (Å²) in [7, 11) is 0. The fourth-order valence-electron chi connectivity index (χ4n) is 1.66. The summed E-state index contributed by atoms with van der Waals surface area (Å²) in [6, 6.07) is 5.62. The first-order valence-corrected chi connectivity index (χ1v) is 5.23. The number of hydrogen-bond acceptors (Lipinski definition) is 3. The maximum atomic E-state index is 11.0. The number of aromatic nitrogens is 2. The molecule has 5 heteroatoms. The average molecular weight is 218 g/mol. The van der Waals surface area contributed by atoms with E-state index < -0.39 is 5.97 Å². The SMILES string of the molecule is O=C(O)c1nc2cccc3n2c1C=CS3. The minimum absolute atomic E-state index is 0.110. The van der Waals surface area contributed by atoms with Crippen molar-refractivity contribution >= 4 is 29.5 Å². The van der Waals surface area contributed by atoms with Gasteiger partial charge in [0.1, 0.15) is 5.65 Å². The predicted molar refractivity (Wildman–Crippen MR) is 57.0 cm³/mol. The molecule has 1 aliphatic heterocycles. The van der Waals surface area contributed by atoms with E-state index in [9.17, 15) is 4.79 Å². The zero-order valence-electron chi connectivity index (χ0n) is 7.54. The molecule has 2 aromatic heterocycles. The zero-order valence-corrected chi connectivity index (χ0v) is 8.36. The Balaban J connectivity index is 2.48. The van der Waals surface area contributed by atoms with Crippen LogP contribution < -0.4 is 0 Å². The number of carboxylic acid groups (broad SMARTS) is 1. The van der Waals surface area contributed by atoms with Crippen LogP contribution in [0.2, 0.25) is 0 Å². The third-order valence-electron chi connectivity index (χ3n) is 2.26. The Bertz CT molecular complexity index is 601. The number of pyridine rings is 1. The predicted octanol–water partition coefficient (Wildman–Crippen LogP) is 2.11. The molecule has 0 atom stereocenters. The van der Waals surface area contributed by atoms with Crippen LogP contribution in [0.1, 0.15) is 16.2 Å². The maximum absolute atomic E-state index is 11.0. The van der Waals surface area contributed by atoms with Gasteiger partial charge in [0, 0.05) is 0 Å². The van der Waals surface area contributed by atoms with E-state index in [1.807, 2.05) is 21.9 Å². The molecule has 3 rings (SSSR count). The number of carboxylic acids is 1. The molecule has 0 saturated heterocycles. The fourth-order valence-corrected chi connectivity index (χ4v) is 2.45. The van der Waals surface area contributed by atoms with Crippen LogP contribution in [0.3, 0.4) is 0 Å². The summed E-state index contributed by atoms with van der Waals surface area (Å²) in [4.78, 5) is 15.1. The van der Waals surface area contributed by atoms with Gasteiger partial charge in [0.2, 0.25) is 0 Å². The Morgan fingerprint density at radius 2 is 2.33 bits per heavy atom. The van der Waals surface area contributed by atoms with Crippen molar-refractivity contribution in [3.05, 3.63) is 35.0 Å². The first kappa shape index (κ1) is 8.55. The maximum Gasteiger partial charge on any atom is 0.356 e. The summed E-state index contributed by atoms with van der Waals surface area (Å²) >= 11 is 1.56. The number of hydrogen-bond donors (Lipinski definition) is 1. The van der Waals surface area contributed by atoms with Crippen LogP contribution in [0.15, 0.2) is 28.6 Å². The lowest BCUT2D eigenvalue weighted by Crippen LogP contribution is -2.01. The fraction of sp³-hybridized carbons (Fsp3) is 0. The summed E-state index contributed by atoms with van der Waals surface area (Å²) in [5.41, 5.74) is 1.43. The Kier molecular flexibility index (Phi) is 1.63. The molecule has 15 heavy (non-hydrogen) atoms. The third kappa shape index (κ3) is 1.10. The van der Waals surface area contributed by atoms with E-state index in [-0.39, 0.29) is 5.69 Å². The first-order valence-electron chi connectivity index (χ1n) is 4.35. The van der Waals surface area contributed by atoms with E-state index in [2.05, 4.69) is 4.98 Å². The van der Waals surface area contributed by atoms with Crippen molar-refractivity contribution in [2.24, 2.45) is 0 Å². The Labute approximate surface area is 89.2 Å². The number of carbonyl (C=O) groups is 1. The van der Waals surface area contributed by atoms with Gasteiger partial charge >= 0.3 is 5.97 Å². The van der Waals surface area contributed by atoms with Gasteiger partial charge in [-0.25, -0.2) is 9.78 Å². The van der Waals surface area contributed by atoms with Crippen molar-refractivity contribution in [1.29, 1.82) is 0 Å². The number of nitrogens with zero attached hydrogens (tertiary/aromatic N) is 2. The second-order valence-corrected chi connectivity index (χ2v) is 4.06. The summed E-state index contributed by atoms with van der Waals surface area (Å²) in [6.45, 7) is 0. The van der Waals surface area contributed by atoms with Gasteiger partial charge in [0.25, 0.3) is 0 Å². The van der Waals surface area contributed by atoms with Crippen LogP contribution in [-0.4, -0.2) is 20.5 Å². The van der Waals surface area contributed by atoms with Gasteiger partial charge < -0.3 is 5.11 Å². The second-order valence-electron chi connectivity index (χ2n) is 3.13. The van der Waals surface area contributed by atoms with Gasteiger partial charge in [-0.15, -0.1) is 0 Å². The largest absolute Gasteiger partial charge is 0.476 e. The number of imidazole rings is 1. The van der Waals surface area contributed by atoms with Crippen LogP contribution in [0.25, 0.3) is 11.7 Å². The van der Waals surface area contributed by atoms with E-state index in [1.54, 1.807) is 23.9 Å². The molecule has 0 radical (unpaired) electrons.